The molecule has 1 atom stereocenters. The molecule has 0 bridgehead atoms. The fourth-order valence-electron chi connectivity index (χ4n) is 3.08. The summed E-state index contributed by atoms with van der Waals surface area (Å²) in [4.78, 5) is 29.8. The first-order valence-electron chi connectivity index (χ1n) is 9.21. The standard InChI is InChI=1S/C23H19N3O2S/c1-15(16-7-3-2-4-8-16)25-23(28)18-9-5-6-10-19(18)26-22(27)17-11-12-20-21(13-17)29-14-24-20/h2-15H,1H3,(H,25,28)(H,26,27)/t15-/m1/s1. The Labute approximate surface area is 172 Å². The van der Waals surface area contributed by atoms with Gasteiger partial charge in [-0.1, -0.05) is 42.5 Å². The number of carbonyl (C=O) groups is 2. The Kier molecular flexibility index (Phi) is 5.35. The molecule has 0 aliphatic carbocycles. The number of hydrogen-bond acceptors (Lipinski definition) is 4. The second-order valence-corrected chi connectivity index (χ2v) is 7.53. The summed E-state index contributed by atoms with van der Waals surface area (Å²) in [6, 6.07) is 22.0. The highest BCUT2D eigenvalue weighted by atomic mass is 32.1. The number of rotatable bonds is 5. The van der Waals surface area contributed by atoms with Crippen LogP contribution in [0.1, 0.15) is 39.2 Å². The first kappa shape index (κ1) is 18.8. The van der Waals surface area contributed by atoms with Gasteiger partial charge < -0.3 is 10.6 Å². The van der Waals surface area contributed by atoms with E-state index in [1.54, 1.807) is 35.8 Å². The average molecular weight is 401 g/mol. The Balaban J connectivity index is 1.53. The number of fused-ring (bicyclic) bond motifs is 1. The van der Waals surface area contributed by atoms with Crippen molar-refractivity contribution in [2.75, 3.05) is 5.32 Å². The summed E-state index contributed by atoms with van der Waals surface area (Å²) in [6.07, 6.45) is 0. The molecule has 5 nitrogen and oxygen atoms in total. The van der Waals surface area contributed by atoms with Crippen LogP contribution in [-0.2, 0) is 0 Å². The molecule has 0 spiro atoms. The number of amides is 2. The van der Waals surface area contributed by atoms with Crippen LogP contribution in [0.4, 0.5) is 5.69 Å². The van der Waals surface area contributed by atoms with Crippen LogP contribution in [0.15, 0.2) is 78.3 Å². The van der Waals surface area contributed by atoms with Crippen molar-refractivity contribution in [3.63, 3.8) is 0 Å². The second-order valence-electron chi connectivity index (χ2n) is 6.64. The molecule has 144 valence electrons. The molecule has 4 rings (SSSR count). The largest absolute Gasteiger partial charge is 0.345 e. The smallest absolute Gasteiger partial charge is 0.255 e. The molecule has 2 N–H and O–H groups in total. The van der Waals surface area contributed by atoms with E-state index in [4.69, 9.17) is 0 Å². The molecule has 1 aromatic heterocycles. The molecular weight excluding hydrogens is 382 g/mol. The number of benzene rings is 3. The van der Waals surface area contributed by atoms with Gasteiger partial charge in [0.15, 0.2) is 0 Å². The molecule has 0 saturated carbocycles. The van der Waals surface area contributed by atoms with Crippen molar-refractivity contribution < 1.29 is 9.59 Å². The van der Waals surface area contributed by atoms with E-state index in [-0.39, 0.29) is 17.9 Å². The quantitative estimate of drug-likeness (QED) is 0.492. The van der Waals surface area contributed by atoms with Gasteiger partial charge in [-0.2, -0.15) is 0 Å². The van der Waals surface area contributed by atoms with Gasteiger partial charge in [-0.15, -0.1) is 11.3 Å². The van der Waals surface area contributed by atoms with E-state index in [1.165, 1.54) is 11.3 Å². The van der Waals surface area contributed by atoms with Gasteiger partial charge in [0.1, 0.15) is 0 Å². The third kappa shape index (κ3) is 4.17. The first-order chi connectivity index (χ1) is 14.1. The zero-order chi connectivity index (χ0) is 20.2. The van der Waals surface area contributed by atoms with Crippen LogP contribution in [0.3, 0.4) is 0 Å². The molecule has 0 aliphatic heterocycles. The molecule has 0 radical (unpaired) electrons. The molecule has 29 heavy (non-hydrogen) atoms. The number of hydrogen-bond donors (Lipinski definition) is 2. The van der Waals surface area contributed by atoms with E-state index < -0.39 is 0 Å². The molecular formula is C23H19N3O2S. The van der Waals surface area contributed by atoms with Gasteiger partial charge in [-0.05, 0) is 42.8 Å². The number of anilines is 1. The molecule has 0 saturated heterocycles. The lowest BCUT2D eigenvalue weighted by Gasteiger charge is -2.16. The summed E-state index contributed by atoms with van der Waals surface area (Å²) in [7, 11) is 0. The van der Waals surface area contributed by atoms with Crippen molar-refractivity contribution in [3.05, 3.63) is 95.0 Å². The summed E-state index contributed by atoms with van der Waals surface area (Å²) >= 11 is 1.48. The number of aromatic nitrogens is 1. The normalized spacial score (nSPS) is 11.8. The molecule has 0 unspecified atom stereocenters. The zero-order valence-corrected chi connectivity index (χ0v) is 16.6. The fraction of sp³-hybridized carbons (Fsp3) is 0.0870. The van der Waals surface area contributed by atoms with E-state index in [9.17, 15) is 9.59 Å². The van der Waals surface area contributed by atoms with E-state index in [1.807, 2.05) is 49.4 Å². The number of nitrogens with zero attached hydrogens (tertiary/aromatic N) is 1. The summed E-state index contributed by atoms with van der Waals surface area (Å²) < 4.78 is 0.945. The molecule has 4 aromatic rings. The summed E-state index contributed by atoms with van der Waals surface area (Å²) in [5.41, 5.74) is 5.04. The maximum atomic E-state index is 12.8. The number of thiazole rings is 1. The van der Waals surface area contributed by atoms with Crippen LogP contribution in [-0.4, -0.2) is 16.8 Å². The topological polar surface area (TPSA) is 71.1 Å². The lowest BCUT2D eigenvalue weighted by molar-refractivity contribution is 0.0941. The Hall–Kier alpha value is -3.51. The minimum absolute atomic E-state index is 0.152. The predicted molar refractivity (Wildman–Crippen MR) is 116 cm³/mol. The summed E-state index contributed by atoms with van der Waals surface area (Å²) in [5.74, 6) is -0.508. The van der Waals surface area contributed by atoms with Gasteiger partial charge >= 0.3 is 0 Å². The SMILES string of the molecule is C[C@@H](NC(=O)c1ccccc1NC(=O)c1ccc2ncsc2c1)c1ccccc1. The maximum Gasteiger partial charge on any atom is 0.255 e. The molecule has 3 aromatic carbocycles. The van der Waals surface area contributed by atoms with Gasteiger partial charge in [0.05, 0.1) is 33.0 Å². The van der Waals surface area contributed by atoms with Crippen molar-refractivity contribution in [1.82, 2.24) is 10.3 Å². The zero-order valence-electron chi connectivity index (χ0n) is 15.8. The molecule has 0 aliphatic rings. The van der Waals surface area contributed by atoms with Crippen LogP contribution in [0.25, 0.3) is 10.2 Å². The monoisotopic (exact) mass is 401 g/mol. The van der Waals surface area contributed by atoms with Crippen LogP contribution in [0, 0.1) is 0 Å². The van der Waals surface area contributed by atoms with Gasteiger partial charge in [0.25, 0.3) is 11.8 Å². The summed E-state index contributed by atoms with van der Waals surface area (Å²) in [6.45, 7) is 1.93. The number of nitrogens with one attached hydrogen (secondary N) is 2. The van der Waals surface area contributed by atoms with E-state index in [2.05, 4.69) is 15.6 Å². The molecule has 2 amide bonds. The fourth-order valence-corrected chi connectivity index (χ4v) is 3.80. The highest BCUT2D eigenvalue weighted by Gasteiger charge is 2.17. The highest BCUT2D eigenvalue weighted by Crippen LogP contribution is 2.22. The van der Waals surface area contributed by atoms with Crippen molar-refractivity contribution in [1.29, 1.82) is 0 Å². The van der Waals surface area contributed by atoms with Crippen LogP contribution in [0.2, 0.25) is 0 Å². The van der Waals surface area contributed by atoms with Gasteiger partial charge in [0, 0.05) is 5.56 Å². The van der Waals surface area contributed by atoms with Crippen LogP contribution >= 0.6 is 11.3 Å². The minimum atomic E-state index is -0.267. The number of carbonyl (C=O) groups excluding carboxylic acids is 2. The number of para-hydroxylation sites is 1. The lowest BCUT2D eigenvalue weighted by atomic mass is 10.1. The van der Waals surface area contributed by atoms with Crippen LogP contribution in [0.5, 0.6) is 0 Å². The Morgan fingerprint density at radius 3 is 2.52 bits per heavy atom. The molecule has 1 heterocycles. The maximum absolute atomic E-state index is 12.8. The second kappa shape index (κ2) is 8.24. The van der Waals surface area contributed by atoms with Gasteiger partial charge in [0.2, 0.25) is 0 Å². The van der Waals surface area contributed by atoms with Gasteiger partial charge in [-0.3, -0.25) is 9.59 Å². The van der Waals surface area contributed by atoms with E-state index in [0.29, 0.717) is 16.8 Å². The molecule has 0 fully saturated rings. The average Bonchev–Trinajstić information content (AvgIpc) is 3.22. The van der Waals surface area contributed by atoms with Crippen molar-refractivity contribution in [2.45, 2.75) is 13.0 Å². The Bertz CT molecular complexity index is 1170. The van der Waals surface area contributed by atoms with Gasteiger partial charge in [-0.25, -0.2) is 4.98 Å². The highest BCUT2D eigenvalue weighted by molar-refractivity contribution is 7.16. The van der Waals surface area contributed by atoms with Crippen LogP contribution < -0.4 is 10.6 Å². The predicted octanol–water partition coefficient (Wildman–Crippen LogP) is 5.04. The van der Waals surface area contributed by atoms with E-state index in [0.717, 1.165) is 15.8 Å². The van der Waals surface area contributed by atoms with Crippen molar-refractivity contribution >= 4 is 39.1 Å². The Morgan fingerprint density at radius 1 is 0.931 bits per heavy atom. The minimum Gasteiger partial charge on any atom is -0.345 e. The third-order valence-electron chi connectivity index (χ3n) is 4.66. The lowest BCUT2D eigenvalue weighted by Crippen LogP contribution is -2.28. The first-order valence-corrected chi connectivity index (χ1v) is 10.1. The van der Waals surface area contributed by atoms with Crippen molar-refractivity contribution in [3.8, 4) is 0 Å². The Morgan fingerprint density at radius 2 is 1.69 bits per heavy atom. The summed E-state index contributed by atoms with van der Waals surface area (Å²) in [5, 5.41) is 5.85. The van der Waals surface area contributed by atoms with Crippen molar-refractivity contribution in [2.24, 2.45) is 0 Å². The molecule has 6 heteroatoms. The van der Waals surface area contributed by atoms with E-state index >= 15 is 0 Å². The third-order valence-corrected chi connectivity index (χ3v) is 5.45.